The van der Waals surface area contributed by atoms with E-state index >= 15 is 0 Å². The van der Waals surface area contributed by atoms with Gasteiger partial charge in [-0.2, -0.15) is 13.2 Å². The van der Waals surface area contributed by atoms with Crippen molar-refractivity contribution in [2.75, 3.05) is 0 Å². The number of ketones is 1. The van der Waals surface area contributed by atoms with Crippen molar-refractivity contribution >= 4 is 17.8 Å². The first-order chi connectivity index (χ1) is 17.9. The van der Waals surface area contributed by atoms with E-state index in [2.05, 4.69) is 0 Å². The van der Waals surface area contributed by atoms with Crippen molar-refractivity contribution in [3.8, 4) is 5.75 Å². The molecule has 196 valence electrons. The van der Waals surface area contributed by atoms with Crippen LogP contribution in [0.1, 0.15) is 27.5 Å². The molecule has 38 heavy (non-hydrogen) atoms. The highest BCUT2D eigenvalue weighted by Crippen LogP contribution is 2.36. The highest BCUT2D eigenvalue weighted by Gasteiger charge is 2.43. The van der Waals surface area contributed by atoms with Crippen LogP contribution in [-0.2, 0) is 15.7 Å². The van der Waals surface area contributed by atoms with E-state index in [9.17, 15) is 40.7 Å². The quantitative estimate of drug-likeness (QED) is 0.303. The number of nitrogens with zero attached hydrogens (tertiary/aromatic N) is 1. The van der Waals surface area contributed by atoms with E-state index in [0.717, 1.165) is 24.4 Å². The summed E-state index contributed by atoms with van der Waals surface area (Å²) in [4.78, 5) is 39.3. The normalized spacial score (nSPS) is 17.3. The van der Waals surface area contributed by atoms with E-state index in [0.29, 0.717) is 23.1 Å². The van der Waals surface area contributed by atoms with Crippen LogP contribution in [0.15, 0.2) is 79.0 Å². The molecule has 2 atom stereocenters. The summed E-state index contributed by atoms with van der Waals surface area (Å²) in [5, 5.41) is 0. The summed E-state index contributed by atoms with van der Waals surface area (Å²) in [5.74, 6) is -6.14. The van der Waals surface area contributed by atoms with Gasteiger partial charge in [-0.15, -0.1) is 0 Å². The average molecular weight is 535 g/mol. The van der Waals surface area contributed by atoms with Gasteiger partial charge in [0.2, 0.25) is 0 Å². The predicted molar refractivity (Wildman–Crippen MR) is 118 cm³/mol. The molecule has 0 aliphatic carbocycles. The van der Waals surface area contributed by atoms with Gasteiger partial charge in [0.05, 0.1) is 11.1 Å². The van der Waals surface area contributed by atoms with Crippen molar-refractivity contribution in [1.82, 2.24) is 4.90 Å². The van der Waals surface area contributed by atoms with Crippen molar-refractivity contribution in [3.05, 3.63) is 113 Å². The molecule has 1 heterocycles. The molecule has 12 heteroatoms. The lowest BCUT2D eigenvalue weighted by atomic mass is 9.94. The Morgan fingerprint density at radius 3 is 2.13 bits per heavy atom. The maximum atomic E-state index is 14.1. The highest BCUT2D eigenvalue weighted by molar-refractivity contribution is 6.00. The number of carbonyl (C=O) groups excluding carboxylic acids is 3. The molecule has 0 saturated carbocycles. The molecule has 3 aromatic rings. The fourth-order valence-electron chi connectivity index (χ4n) is 3.77. The Morgan fingerprint density at radius 1 is 0.842 bits per heavy atom. The number of carbonyl (C=O) groups is 3. The van der Waals surface area contributed by atoms with Crippen LogP contribution in [0.25, 0.3) is 0 Å². The first-order valence-electron chi connectivity index (χ1n) is 10.7. The number of ether oxygens (including phenoxy) is 2. The minimum absolute atomic E-state index is 0.0571. The van der Waals surface area contributed by atoms with Crippen LogP contribution in [-0.4, -0.2) is 28.8 Å². The number of para-hydroxylation sites is 1. The van der Waals surface area contributed by atoms with Gasteiger partial charge in [-0.1, -0.05) is 18.2 Å². The van der Waals surface area contributed by atoms with Crippen molar-refractivity contribution < 1.29 is 50.2 Å². The van der Waals surface area contributed by atoms with Gasteiger partial charge in [-0.3, -0.25) is 9.69 Å². The molecule has 0 N–H and O–H groups in total. The van der Waals surface area contributed by atoms with Crippen molar-refractivity contribution in [2.24, 2.45) is 0 Å². The molecule has 0 fully saturated rings. The Hall–Kier alpha value is -4.61. The fourth-order valence-corrected chi connectivity index (χ4v) is 3.77. The minimum atomic E-state index is -5.16. The lowest BCUT2D eigenvalue weighted by molar-refractivity contribution is -0.138. The molecule has 0 bridgehead atoms. The Morgan fingerprint density at radius 2 is 1.50 bits per heavy atom. The lowest BCUT2D eigenvalue weighted by Crippen LogP contribution is -2.47. The number of esters is 1. The van der Waals surface area contributed by atoms with Crippen LogP contribution in [0.4, 0.5) is 31.1 Å². The molecular formula is C26H15F6NO5. The Bertz CT molecular complexity index is 1400. The zero-order valence-electron chi connectivity index (χ0n) is 18.9. The van der Waals surface area contributed by atoms with E-state index in [-0.39, 0.29) is 17.4 Å². The summed E-state index contributed by atoms with van der Waals surface area (Å²) in [6.07, 6.45) is -6.67. The number of halogens is 6. The largest absolute Gasteiger partial charge is 0.448 e. The topological polar surface area (TPSA) is 72.9 Å². The summed E-state index contributed by atoms with van der Waals surface area (Å²) >= 11 is 0. The minimum Gasteiger partial charge on any atom is -0.448 e. The zero-order valence-corrected chi connectivity index (χ0v) is 18.9. The molecule has 1 aliphatic heterocycles. The second-order valence-electron chi connectivity index (χ2n) is 7.97. The second-order valence-corrected chi connectivity index (χ2v) is 7.97. The highest BCUT2D eigenvalue weighted by atomic mass is 19.4. The van der Waals surface area contributed by atoms with Crippen LogP contribution in [0, 0.1) is 17.5 Å². The van der Waals surface area contributed by atoms with Crippen LogP contribution in [0.5, 0.6) is 5.75 Å². The molecule has 0 saturated heterocycles. The second kappa shape index (κ2) is 10.4. The van der Waals surface area contributed by atoms with E-state index < -0.39 is 64.7 Å². The summed E-state index contributed by atoms with van der Waals surface area (Å²) in [7, 11) is 0. The third-order valence-corrected chi connectivity index (χ3v) is 5.39. The van der Waals surface area contributed by atoms with E-state index in [4.69, 9.17) is 9.47 Å². The average Bonchev–Trinajstić information content (AvgIpc) is 2.84. The Balaban J connectivity index is 1.75. The van der Waals surface area contributed by atoms with Crippen molar-refractivity contribution in [1.29, 1.82) is 0 Å². The molecule has 3 aromatic carbocycles. The first kappa shape index (κ1) is 26.5. The number of hydrogen-bond donors (Lipinski definition) is 0. The smallest absolute Gasteiger partial charge is 0.420 e. The standard InChI is InChI=1S/C26H15F6NO5/c27-15-6-7-19(20(13-15)26(30,31)32)24(35)38-23-21(34)8-9-33(25(36)37-18-4-2-1-3-5-18)22(23)14-10-16(28)12-17(29)11-14/h1-13,22-23H/t22-,23+/m1/s1. The van der Waals surface area contributed by atoms with Crippen molar-refractivity contribution in [3.63, 3.8) is 0 Å². The third-order valence-electron chi connectivity index (χ3n) is 5.39. The molecule has 4 rings (SSSR count). The Kier molecular flexibility index (Phi) is 7.24. The van der Waals surface area contributed by atoms with Gasteiger partial charge >= 0.3 is 18.2 Å². The monoisotopic (exact) mass is 535 g/mol. The molecular weight excluding hydrogens is 520 g/mol. The van der Waals surface area contributed by atoms with Gasteiger partial charge in [0.25, 0.3) is 0 Å². The number of hydrogen-bond acceptors (Lipinski definition) is 5. The van der Waals surface area contributed by atoms with Crippen LogP contribution in [0.2, 0.25) is 0 Å². The molecule has 0 aromatic heterocycles. The fraction of sp³-hybridized carbons (Fsp3) is 0.115. The van der Waals surface area contributed by atoms with E-state index in [1.165, 1.54) is 12.1 Å². The summed E-state index contributed by atoms with van der Waals surface area (Å²) in [5.41, 5.74) is -3.16. The van der Waals surface area contributed by atoms with Gasteiger partial charge in [0, 0.05) is 18.3 Å². The van der Waals surface area contributed by atoms with Crippen molar-refractivity contribution in [2.45, 2.75) is 18.3 Å². The molecule has 0 unspecified atom stereocenters. The Labute approximate surface area is 210 Å². The first-order valence-corrected chi connectivity index (χ1v) is 10.7. The number of rotatable bonds is 4. The molecule has 6 nitrogen and oxygen atoms in total. The van der Waals surface area contributed by atoms with Gasteiger partial charge in [0.15, 0.2) is 11.9 Å². The maximum absolute atomic E-state index is 14.1. The maximum Gasteiger partial charge on any atom is 0.420 e. The summed E-state index contributed by atoms with van der Waals surface area (Å²) < 4.78 is 92.3. The number of alkyl halides is 3. The predicted octanol–water partition coefficient (Wildman–Crippen LogP) is 5.99. The van der Waals surface area contributed by atoms with Gasteiger partial charge in [-0.05, 0) is 48.0 Å². The van der Waals surface area contributed by atoms with Gasteiger partial charge in [-0.25, -0.2) is 22.8 Å². The summed E-state index contributed by atoms with van der Waals surface area (Å²) in [6.45, 7) is 0. The summed E-state index contributed by atoms with van der Waals surface area (Å²) in [6, 6.07) is 8.99. The molecule has 0 spiro atoms. The van der Waals surface area contributed by atoms with Crippen LogP contribution < -0.4 is 4.74 Å². The zero-order chi connectivity index (χ0) is 27.6. The molecule has 1 aliphatic rings. The van der Waals surface area contributed by atoms with Crippen LogP contribution >= 0.6 is 0 Å². The molecule has 1 amide bonds. The van der Waals surface area contributed by atoms with E-state index in [1.807, 2.05) is 0 Å². The van der Waals surface area contributed by atoms with Gasteiger partial charge in [0.1, 0.15) is 29.2 Å². The SMILES string of the molecule is O=C(O[C@H]1C(=O)C=CN(C(=O)Oc2ccccc2)[C@@H]1c1cc(F)cc(F)c1)c1ccc(F)cc1C(F)(F)F. The van der Waals surface area contributed by atoms with Gasteiger partial charge < -0.3 is 9.47 Å². The third kappa shape index (κ3) is 5.69. The molecule has 0 radical (unpaired) electrons. The number of benzene rings is 3. The lowest BCUT2D eigenvalue weighted by Gasteiger charge is -2.35. The number of amides is 1. The van der Waals surface area contributed by atoms with Crippen LogP contribution in [0.3, 0.4) is 0 Å². The van der Waals surface area contributed by atoms with E-state index in [1.54, 1.807) is 18.2 Å².